The number of allylic oxidation sites excluding steroid dienone is 2. The molecule has 24 heavy (non-hydrogen) atoms. The molecule has 3 amide bonds. The lowest BCUT2D eigenvalue weighted by molar-refractivity contribution is -0.143. The van der Waals surface area contributed by atoms with E-state index in [1.165, 1.54) is 0 Å². The summed E-state index contributed by atoms with van der Waals surface area (Å²) in [4.78, 5) is 37.7. The lowest BCUT2D eigenvalue weighted by atomic mass is 9.85. The van der Waals surface area contributed by atoms with Crippen LogP contribution in [0.3, 0.4) is 0 Å². The van der Waals surface area contributed by atoms with Gasteiger partial charge < -0.3 is 4.74 Å². The Kier molecular flexibility index (Phi) is 3.40. The number of nitrogens with zero attached hydrogens (tertiary/aromatic N) is 1. The SMILES string of the molecule is CCOc1ccccc1C(=O)NN1C(=O)[C@@H]2[C@@H](C1=O)[C@@H]1C=C[C@@H]2C1. The molecule has 1 saturated heterocycles. The molecule has 1 aliphatic heterocycles. The number of carbonyl (C=O) groups excluding carboxylic acids is 3. The molecule has 1 N–H and O–H groups in total. The third-order valence-electron chi connectivity index (χ3n) is 5.12. The first-order valence-corrected chi connectivity index (χ1v) is 8.20. The van der Waals surface area contributed by atoms with Crippen LogP contribution in [0.25, 0.3) is 0 Å². The number of carbonyl (C=O) groups is 3. The first-order chi connectivity index (χ1) is 11.6. The molecule has 6 nitrogen and oxygen atoms in total. The molecule has 4 rings (SSSR count). The maximum atomic E-state index is 12.6. The van der Waals surface area contributed by atoms with Gasteiger partial charge >= 0.3 is 0 Å². The quantitative estimate of drug-likeness (QED) is 0.673. The Hall–Kier alpha value is -2.63. The number of benzene rings is 1. The molecule has 1 heterocycles. The molecule has 3 aliphatic rings. The van der Waals surface area contributed by atoms with E-state index in [0.717, 1.165) is 11.4 Å². The lowest BCUT2D eigenvalue weighted by Crippen LogP contribution is -2.47. The van der Waals surface area contributed by atoms with Crippen LogP contribution in [0, 0.1) is 23.7 Å². The molecule has 1 aromatic rings. The topological polar surface area (TPSA) is 75.7 Å². The van der Waals surface area contributed by atoms with Crippen LogP contribution in [0.15, 0.2) is 36.4 Å². The highest BCUT2D eigenvalue weighted by molar-refractivity contribution is 6.09. The minimum absolute atomic E-state index is 0.120. The Labute approximate surface area is 139 Å². The number of hydrogen-bond donors (Lipinski definition) is 1. The van der Waals surface area contributed by atoms with Crippen LogP contribution in [0.1, 0.15) is 23.7 Å². The number of rotatable bonds is 4. The summed E-state index contributed by atoms with van der Waals surface area (Å²) in [5, 5.41) is 0.909. The molecule has 124 valence electrons. The Balaban J connectivity index is 1.55. The zero-order valence-electron chi connectivity index (χ0n) is 13.3. The summed E-state index contributed by atoms with van der Waals surface area (Å²) < 4.78 is 5.44. The summed E-state index contributed by atoms with van der Waals surface area (Å²) in [6, 6.07) is 6.77. The van der Waals surface area contributed by atoms with Crippen molar-refractivity contribution in [3.05, 3.63) is 42.0 Å². The normalized spacial score (nSPS) is 30.0. The number of para-hydroxylation sites is 1. The molecule has 2 aliphatic carbocycles. The highest BCUT2D eigenvalue weighted by Crippen LogP contribution is 2.52. The minimum Gasteiger partial charge on any atom is -0.493 e. The maximum Gasteiger partial charge on any atom is 0.274 e. The van der Waals surface area contributed by atoms with E-state index in [1.807, 2.05) is 19.1 Å². The van der Waals surface area contributed by atoms with Crippen LogP contribution in [-0.4, -0.2) is 29.3 Å². The minimum atomic E-state index is -0.513. The zero-order valence-corrected chi connectivity index (χ0v) is 13.3. The molecule has 2 fully saturated rings. The van der Waals surface area contributed by atoms with Crippen molar-refractivity contribution in [1.29, 1.82) is 0 Å². The monoisotopic (exact) mass is 326 g/mol. The van der Waals surface area contributed by atoms with Gasteiger partial charge in [-0.2, -0.15) is 5.01 Å². The van der Waals surface area contributed by atoms with Crippen molar-refractivity contribution in [3.8, 4) is 5.75 Å². The van der Waals surface area contributed by atoms with Crippen LogP contribution < -0.4 is 10.2 Å². The third-order valence-corrected chi connectivity index (χ3v) is 5.12. The van der Waals surface area contributed by atoms with Crippen molar-refractivity contribution < 1.29 is 19.1 Å². The molecular formula is C18H18N2O4. The predicted octanol–water partition coefficient (Wildman–Crippen LogP) is 1.54. The third kappa shape index (κ3) is 2.06. The fourth-order valence-electron chi connectivity index (χ4n) is 4.11. The fourth-order valence-corrected chi connectivity index (χ4v) is 4.11. The van der Waals surface area contributed by atoms with Gasteiger partial charge in [0, 0.05) is 0 Å². The van der Waals surface area contributed by atoms with Gasteiger partial charge in [0.1, 0.15) is 5.75 Å². The lowest BCUT2D eigenvalue weighted by Gasteiger charge is -2.19. The van der Waals surface area contributed by atoms with Crippen molar-refractivity contribution in [2.24, 2.45) is 23.7 Å². The summed E-state index contributed by atoms with van der Waals surface area (Å²) in [5.41, 5.74) is 2.78. The van der Waals surface area contributed by atoms with Crippen LogP contribution in [0.4, 0.5) is 0 Å². The van der Waals surface area contributed by atoms with E-state index in [2.05, 4.69) is 5.43 Å². The smallest absolute Gasteiger partial charge is 0.274 e. The van der Waals surface area contributed by atoms with Crippen molar-refractivity contribution in [2.45, 2.75) is 13.3 Å². The van der Waals surface area contributed by atoms with Gasteiger partial charge in [-0.15, -0.1) is 0 Å². The Morgan fingerprint density at radius 3 is 2.42 bits per heavy atom. The van der Waals surface area contributed by atoms with E-state index >= 15 is 0 Å². The van der Waals surface area contributed by atoms with Gasteiger partial charge in [0.05, 0.1) is 24.0 Å². The second-order valence-electron chi connectivity index (χ2n) is 6.38. The van der Waals surface area contributed by atoms with Gasteiger partial charge in [-0.1, -0.05) is 24.3 Å². The van der Waals surface area contributed by atoms with Crippen LogP contribution in [-0.2, 0) is 9.59 Å². The first kappa shape index (κ1) is 14.9. The molecule has 1 saturated carbocycles. The number of hydrogen-bond acceptors (Lipinski definition) is 4. The predicted molar refractivity (Wildman–Crippen MR) is 84.6 cm³/mol. The average Bonchev–Trinajstić information content (AvgIpc) is 3.25. The van der Waals surface area contributed by atoms with Gasteiger partial charge in [-0.05, 0) is 37.3 Å². The zero-order chi connectivity index (χ0) is 16.8. The van der Waals surface area contributed by atoms with Gasteiger partial charge in [0.25, 0.3) is 17.7 Å². The number of nitrogens with one attached hydrogen (secondary N) is 1. The van der Waals surface area contributed by atoms with E-state index in [0.29, 0.717) is 17.9 Å². The van der Waals surface area contributed by atoms with Crippen LogP contribution in [0.2, 0.25) is 0 Å². The average molecular weight is 326 g/mol. The number of imide groups is 1. The second-order valence-corrected chi connectivity index (χ2v) is 6.38. The molecule has 0 unspecified atom stereocenters. The Bertz CT molecular complexity index is 727. The number of ether oxygens (including phenoxy) is 1. The molecule has 0 spiro atoms. The van der Waals surface area contributed by atoms with Crippen LogP contribution in [0.5, 0.6) is 5.75 Å². The second kappa shape index (κ2) is 5.47. The van der Waals surface area contributed by atoms with Gasteiger partial charge in [-0.25, -0.2) is 0 Å². The van der Waals surface area contributed by atoms with Gasteiger partial charge in [0.15, 0.2) is 0 Å². The molecule has 1 aromatic carbocycles. The van der Waals surface area contributed by atoms with Crippen molar-refractivity contribution >= 4 is 17.7 Å². The first-order valence-electron chi connectivity index (χ1n) is 8.20. The van der Waals surface area contributed by atoms with Crippen molar-refractivity contribution in [1.82, 2.24) is 10.4 Å². The summed E-state index contributed by atoms with van der Waals surface area (Å²) >= 11 is 0. The summed E-state index contributed by atoms with van der Waals surface area (Å²) in [5.74, 6) is -1.10. The van der Waals surface area contributed by atoms with E-state index in [4.69, 9.17) is 4.74 Å². The summed E-state index contributed by atoms with van der Waals surface area (Å²) in [6.45, 7) is 2.25. The molecule has 0 aromatic heterocycles. The van der Waals surface area contributed by atoms with Gasteiger partial charge in [0.2, 0.25) is 0 Å². The highest BCUT2D eigenvalue weighted by Gasteiger charge is 2.59. The van der Waals surface area contributed by atoms with E-state index < -0.39 is 5.91 Å². The molecular weight excluding hydrogens is 308 g/mol. The van der Waals surface area contributed by atoms with Crippen molar-refractivity contribution in [3.63, 3.8) is 0 Å². The standard InChI is InChI=1S/C18H18N2O4/c1-2-24-13-6-4-3-5-12(13)16(21)19-20-17(22)14-10-7-8-11(9-10)15(14)18(20)23/h3-8,10-11,14-15H,2,9H2,1H3,(H,19,21)/t10-,11-,14+,15+/m1/s1. The van der Waals surface area contributed by atoms with E-state index in [1.54, 1.807) is 24.3 Å². The van der Waals surface area contributed by atoms with Crippen molar-refractivity contribution in [2.75, 3.05) is 6.61 Å². The number of amides is 3. The van der Waals surface area contributed by atoms with E-state index in [9.17, 15) is 14.4 Å². The molecule has 6 heteroatoms. The van der Waals surface area contributed by atoms with Gasteiger partial charge in [-0.3, -0.25) is 19.8 Å². The summed E-state index contributed by atoms with van der Waals surface area (Å²) in [7, 11) is 0. The number of fused-ring (bicyclic) bond motifs is 5. The van der Waals surface area contributed by atoms with E-state index in [-0.39, 0.29) is 35.5 Å². The summed E-state index contributed by atoms with van der Waals surface area (Å²) in [6.07, 6.45) is 4.90. The number of hydrazine groups is 1. The molecule has 0 radical (unpaired) electrons. The largest absolute Gasteiger partial charge is 0.493 e. The maximum absolute atomic E-state index is 12.6. The molecule has 4 atom stereocenters. The Morgan fingerprint density at radius 2 is 1.79 bits per heavy atom. The molecule has 2 bridgehead atoms. The fraction of sp³-hybridized carbons (Fsp3) is 0.389. The highest BCUT2D eigenvalue weighted by atomic mass is 16.5. The Morgan fingerprint density at radius 1 is 1.17 bits per heavy atom. The van der Waals surface area contributed by atoms with Crippen LogP contribution >= 0.6 is 0 Å².